The molecule has 0 spiro atoms. The molecule has 3 aromatic rings. The summed E-state index contributed by atoms with van der Waals surface area (Å²) in [4.78, 5) is 16.6. The minimum Gasteiger partial charge on any atom is -0.461 e. The fourth-order valence-corrected chi connectivity index (χ4v) is 3.06. The number of imidazole rings is 1. The molecule has 0 aliphatic carbocycles. The van der Waals surface area contributed by atoms with Crippen molar-refractivity contribution in [1.29, 1.82) is 0 Å². The van der Waals surface area contributed by atoms with E-state index in [0.717, 1.165) is 5.56 Å². The van der Waals surface area contributed by atoms with Crippen LogP contribution >= 0.6 is 0 Å². The average molecular weight is 366 g/mol. The number of hydrogen-bond donors (Lipinski definition) is 2. The van der Waals surface area contributed by atoms with Crippen LogP contribution in [0.15, 0.2) is 67.0 Å². The molecule has 3 rings (SSSR count). The smallest absolute Gasteiger partial charge is 0.359 e. The van der Waals surface area contributed by atoms with Crippen molar-refractivity contribution in [2.75, 3.05) is 13.2 Å². The molecule has 0 radical (unpaired) electrons. The number of aliphatic hydroxyl groups excluding tert-OH is 2. The number of aliphatic hydroxyl groups is 2. The minimum absolute atomic E-state index is 0.154. The highest BCUT2D eigenvalue weighted by molar-refractivity contribution is 5.94. The third-order valence-electron chi connectivity index (χ3n) is 4.36. The second-order valence-corrected chi connectivity index (χ2v) is 6.04. The molecule has 0 saturated heterocycles. The summed E-state index contributed by atoms with van der Waals surface area (Å²) in [5, 5.41) is 20.8. The summed E-state index contributed by atoms with van der Waals surface area (Å²) in [6, 6.07) is 17.6. The summed E-state index contributed by atoms with van der Waals surface area (Å²) in [6.45, 7) is 1.64. The number of nitrogens with zero attached hydrogens (tertiary/aromatic N) is 2. The van der Waals surface area contributed by atoms with Gasteiger partial charge in [0.25, 0.3) is 0 Å². The maximum Gasteiger partial charge on any atom is 0.359 e. The second kappa shape index (κ2) is 8.62. The molecule has 2 aromatic carbocycles. The lowest BCUT2D eigenvalue weighted by Gasteiger charge is -2.25. The Balaban J connectivity index is 2.10. The zero-order valence-electron chi connectivity index (χ0n) is 15.0. The van der Waals surface area contributed by atoms with Crippen molar-refractivity contribution < 1.29 is 19.7 Å². The summed E-state index contributed by atoms with van der Waals surface area (Å²) < 4.78 is 6.76. The Bertz CT molecular complexity index is 878. The SMILES string of the molecule is CCOC(=O)c1ncn([C@@H](CO)[C@@H](O)c2ccccc2)c1-c1ccccc1. The largest absolute Gasteiger partial charge is 0.461 e. The van der Waals surface area contributed by atoms with Gasteiger partial charge >= 0.3 is 5.97 Å². The minimum atomic E-state index is -0.970. The summed E-state index contributed by atoms with van der Waals surface area (Å²) in [5.74, 6) is -0.541. The van der Waals surface area contributed by atoms with Crippen LogP contribution in [0.4, 0.5) is 0 Å². The van der Waals surface area contributed by atoms with Gasteiger partial charge in [0, 0.05) is 5.56 Å². The predicted octanol–water partition coefficient (Wildman–Crippen LogP) is 2.99. The quantitative estimate of drug-likeness (QED) is 0.628. The number of benzene rings is 2. The van der Waals surface area contributed by atoms with Gasteiger partial charge in [0.15, 0.2) is 5.69 Å². The fraction of sp³-hybridized carbons (Fsp3) is 0.238. The fourth-order valence-electron chi connectivity index (χ4n) is 3.06. The number of hydrogen-bond acceptors (Lipinski definition) is 5. The predicted molar refractivity (Wildman–Crippen MR) is 101 cm³/mol. The van der Waals surface area contributed by atoms with Gasteiger partial charge in [0.1, 0.15) is 6.10 Å². The van der Waals surface area contributed by atoms with E-state index < -0.39 is 18.1 Å². The van der Waals surface area contributed by atoms with E-state index in [9.17, 15) is 15.0 Å². The van der Waals surface area contributed by atoms with Crippen LogP contribution in [0.5, 0.6) is 0 Å². The number of rotatable bonds is 7. The average Bonchev–Trinajstić information content (AvgIpc) is 3.15. The van der Waals surface area contributed by atoms with Crippen molar-refractivity contribution in [3.05, 3.63) is 78.2 Å². The zero-order chi connectivity index (χ0) is 19.2. The molecular weight excluding hydrogens is 344 g/mol. The Morgan fingerprint density at radius 2 is 1.74 bits per heavy atom. The van der Waals surface area contributed by atoms with Gasteiger partial charge in [0.05, 0.1) is 31.3 Å². The van der Waals surface area contributed by atoms with Crippen molar-refractivity contribution in [2.45, 2.75) is 19.1 Å². The van der Waals surface area contributed by atoms with Crippen molar-refractivity contribution in [1.82, 2.24) is 9.55 Å². The van der Waals surface area contributed by atoms with E-state index >= 15 is 0 Å². The summed E-state index contributed by atoms with van der Waals surface area (Å²) in [5.41, 5.74) is 2.07. The van der Waals surface area contributed by atoms with Crippen molar-refractivity contribution in [3.63, 3.8) is 0 Å². The van der Waals surface area contributed by atoms with E-state index in [1.807, 2.05) is 48.5 Å². The van der Waals surface area contributed by atoms with Gasteiger partial charge in [-0.25, -0.2) is 9.78 Å². The van der Waals surface area contributed by atoms with Crippen molar-refractivity contribution in [3.8, 4) is 11.3 Å². The van der Waals surface area contributed by atoms with E-state index in [0.29, 0.717) is 11.3 Å². The number of ether oxygens (including phenoxy) is 1. The Hall–Kier alpha value is -2.96. The molecule has 1 heterocycles. The van der Waals surface area contributed by atoms with Crippen LogP contribution in [0.1, 0.15) is 35.1 Å². The standard InChI is InChI=1S/C21H22N2O4/c1-2-27-21(26)18-19(15-9-5-3-6-10-15)23(14-22-18)17(13-24)20(25)16-11-7-4-8-12-16/h3-12,14,17,20,24-25H,2,13H2,1H3/t17-,20-/m0/s1. The van der Waals surface area contributed by atoms with Crippen LogP contribution in [0.3, 0.4) is 0 Å². The van der Waals surface area contributed by atoms with Gasteiger partial charge in [-0.3, -0.25) is 0 Å². The molecule has 2 N–H and O–H groups in total. The Morgan fingerprint density at radius 3 is 2.33 bits per heavy atom. The van der Waals surface area contributed by atoms with E-state index in [2.05, 4.69) is 4.98 Å². The van der Waals surface area contributed by atoms with Crippen LogP contribution in [0.2, 0.25) is 0 Å². The lowest BCUT2D eigenvalue weighted by Crippen LogP contribution is -2.22. The molecule has 0 aliphatic rings. The van der Waals surface area contributed by atoms with Gasteiger partial charge in [0.2, 0.25) is 0 Å². The maximum absolute atomic E-state index is 12.4. The molecule has 0 aliphatic heterocycles. The molecule has 6 nitrogen and oxygen atoms in total. The summed E-state index contributed by atoms with van der Waals surface area (Å²) >= 11 is 0. The van der Waals surface area contributed by atoms with Crippen LogP contribution in [-0.4, -0.2) is 38.9 Å². The normalized spacial score (nSPS) is 13.1. The first-order valence-electron chi connectivity index (χ1n) is 8.80. The molecule has 0 saturated carbocycles. The Labute approximate surface area is 157 Å². The topological polar surface area (TPSA) is 84.6 Å². The van der Waals surface area contributed by atoms with Gasteiger partial charge in [-0.15, -0.1) is 0 Å². The number of esters is 1. The third kappa shape index (κ3) is 3.92. The second-order valence-electron chi connectivity index (χ2n) is 6.04. The third-order valence-corrected chi connectivity index (χ3v) is 4.36. The molecule has 2 atom stereocenters. The lowest BCUT2D eigenvalue weighted by atomic mass is 10.0. The summed E-state index contributed by atoms with van der Waals surface area (Å²) in [7, 11) is 0. The highest BCUT2D eigenvalue weighted by Crippen LogP contribution is 2.33. The van der Waals surface area contributed by atoms with E-state index in [4.69, 9.17) is 4.74 Å². The Kier molecular flexibility index (Phi) is 6.01. The molecule has 1 aromatic heterocycles. The van der Waals surface area contributed by atoms with Gasteiger partial charge in [-0.05, 0) is 12.5 Å². The molecular formula is C21H22N2O4. The lowest BCUT2D eigenvalue weighted by molar-refractivity contribution is 0.0519. The van der Waals surface area contributed by atoms with Crippen molar-refractivity contribution >= 4 is 5.97 Å². The van der Waals surface area contributed by atoms with Crippen LogP contribution in [-0.2, 0) is 4.74 Å². The van der Waals surface area contributed by atoms with Crippen LogP contribution in [0.25, 0.3) is 11.3 Å². The number of carbonyl (C=O) groups is 1. The number of carbonyl (C=O) groups excluding carboxylic acids is 1. The van der Waals surface area contributed by atoms with E-state index in [-0.39, 0.29) is 18.9 Å². The highest BCUT2D eigenvalue weighted by atomic mass is 16.5. The highest BCUT2D eigenvalue weighted by Gasteiger charge is 2.28. The molecule has 140 valence electrons. The Morgan fingerprint density at radius 1 is 1.11 bits per heavy atom. The van der Waals surface area contributed by atoms with Gasteiger partial charge in [-0.2, -0.15) is 0 Å². The number of aromatic nitrogens is 2. The monoisotopic (exact) mass is 366 g/mol. The first kappa shape index (κ1) is 18.8. The maximum atomic E-state index is 12.4. The van der Waals surface area contributed by atoms with Gasteiger partial charge < -0.3 is 19.5 Å². The first-order chi connectivity index (χ1) is 13.2. The summed E-state index contributed by atoms with van der Waals surface area (Å²) in [6.07, 6.45) is 0.490. The first-order valence-corrected chi connectivity index (χ1v) is 8.80. The van der Waals surface area contributed by atoms with E-state index in [1.54, 1.807) is 23.6 Å². The van der Waals surface area contributed by atoms with E-state index in [1.165, 1.54) is 6.33 Å². The molecule has 0 unspecified atom stereocenters. The van der Waals surface area contributed by atoms with Crippen molar-refractivity contribution in [2.24, 2.45) is 0 Å². The zero-order valence-corrected chi connectivity index (χ0v) is 15.0. The van der Waals surface area contributed by atoms with Gasteiger partial charge in [-0.1, -0.05) is 60.7 Å². The van der Waals surface area contributed by atoms with Crippen LogP contribution < -0.4 is 0 Å². The molecule has 0 fully saturated rings. The molecule has 0 amide bonds. The van der Waals surface area contributed by atoms with Crippen LogP contribution in [0, 0.1) is 0 Å². The molecule has 0 bridgehead atoms. The molecule has 27 heavy (non-hydrogen) atoms. The molecule has 6 heteroatoms.